The molecule has 0 aliphatic heterocycles. The quantitative estimate of drug-likeness (QED) is 0.275. The Morgan fingerprint density at radius 1 is 1.38 bits per heavy atom. The van der Waals surface area contributed by atoms with Crippen molar-refractivity contribution in [2.75, 3.05) is 20.2 Å². The van der Waals surface area contributed by atoms with E-state index < -0.39 is 6.61 Å². The minimum Gasteiger partial charge on any atom is -0.493 e. The molecule has 134 valence electrons. The summed E-state index contributed by atoms with van der Waals surface area (Å²) in [6.45, 7) is 0.122. The third-order valence-corrected chi connectivity index (χ3v) is 2.76. The zero-order chi connectivity index (χ0) is 17.1. The Morgan fingerprint density at radius 3 is 2.71 bits per heavy atom. The van der Waals surface area contributed by atoms with E-state index in [1.54, 1.807) is 19.2 Å². The van der Waals surface area contributed by atoms with Gasteiger partial charge in [-0.05, 0) is 18.6 Å². The summed E-state index contributed by atoms with van der Waals surface area (Å²) in [5.41, 5.74) is 0.554. The van der Waals surface area contributed by atoms with Crippen LogP contribution in [0.15, 0.2) is 23.2 Å². The fraction of sp³-hybridized carbons (Fsp3) is 0.438. The van der Waals surface area contributed by atoms with E-state index in [0.29, 0.717) is 30.4 Å². The predicted molar refractivity (Wildman–Crippen MR) is 101 cm³/mol. The Labute approximate surface area is 158 Å². The molecule has 0 saturated heterocycles. The number of hydrogen-bond donors (Lipinski definition) is 2. The second kappa shape index (κ2) is 12.6. The van der Waals surface area contributed by atoms with Crippen molar-refractivity contribution in [2.24, 2.45) is 4.99 Å². The predicted octanol–water partition coefficient (Wildman–Crippen LogP) is 2.99. The monoisotopic (exact) mass is 453 g/mol. The Hall–Kier alpha value is -1.76. The number of guanidine groups is 1. The van der Waals surface area contributed by atoms with Crippen LogP contribution in [0.25, 0.3) is 0 Å². The molecule has 5 nitrogen and oxygen atoms in total. The third-order valence-electron chi connectivity index (χ3n) is 2.76. The number of aliphatic imine (C=N–C) groups is 1. The molecule has 24 heavy (non-hydrogen) atoms. The molecule has 0 bridgehead atoms. The Bertz CT molecular complexity index is 563. The van der Waals surface area contributed by atoms with Crippen LogP contribution < -0.4 is 20.1 Å². The van der Waals surface area contributed by atoms with Crippen molar-refractivity contribution < 1.29 is 18.3 Å². The van der Waals surface area contributed by atoms with Gasteiger partial charge in [0.05, 0.1) is 13.2 Å². The molecule has 0 radical (unpaired) electrons. The van der Waals surface area contributed by atoms with E-state index in [-0.39, 0.29) is 36.3 Å². The van der Waals surface area contributed by atoms with E-state index in [0.717, 1.165) is 6.42 Å². The Morgan fingerprint density at radius 2 is 2.12 bits per heavy atom. The van der Waals surface area contributed by atoms with Crippen LogP contribution in [0, 0.1) is 12.3 Å². The molecular formula is C16H22F2IN3O2. The van der Waals surface area contributed by atoms with Gasteiger partial charge in [0.2, 0.25) is 0 Å². The average molecular weight is 453 g/mol. The van der Waals surface area contributed by atoms with Gasteiger partial charge in [0, 0.05) is 25.2 Å². The van der Waals surface area contributed by atoms with Crippen LogP contribution in [0.1, 0.15) is 18.9 Å². The summed E-state index contributed by atoms with van der Waals surface area (Å²) in [5.74, 6) is 3.44. The van der Waals surface area contributed by atoms with E-state index in [4.69, 9.17) is 11.2 Å². The summed E-state index contributed by atoms with van der Waals surface area (Å²) in [7, 11) is 1.59. The summed E-state index contributed by atoms with van der Waals surface area (Å²) >= 11 is 0. The Balaban J connectivity index is 0.00000529. The van der Waals surface area contributed by atoms with Crippen molar-refractivity contribution in [2.45, 2.75) is 26.5 Å². The van der Waals surface area contributed by atoms with Gasteiger partial charge < -0.3 is 20.1 Å². The number of nitrogens with zero attached hydrogens (tertiary/aromatic N) is 1. The van der Waals surface area contributed by atoms with Gasteiger partial charge in [-0.15, -0.1) is 30.4 Å². The molecule has 1 aromatic carbocycles. The number of halogens is 3. The van der Waals surface area contributed by atoms with Crippen molar-refractivity contribution in [3.05, 3.63) is 23.8 Å². The van der Waals surface area contributed by atoms with Gasteiger partial charge in [-0.1, -0.05) is 12.8 Å². The van der Waals surface area contributed by atoms with E-state index in [2.05, 4.69) is 26.3 Å². The minimum atomic E-state index is -2.91. The van der Waals surface area contributed by atoms with Crippen molar-refractivity contribution in [1.82, 2.24) is 10.6 Å². The van der Waals surface area contributed by atoms with Crippen molar-refractivity contribution in [3.63, 3.8) is 0 Å². The molecule has 0 unspecified atom stereocenters. The molecule has 0 saturated carbocycles. The smallest absolute Gasteiger partial charge is 0.387 e. The highest BCUT2D eigenvalue weighted by molar-refractivity contribution is 14.0. The summed E-state index contributed by atoms with van der Waals surface area (Å²) in [6.07, 6.45) is 5.99. The van der Waals surface area contributed by atoms with Crippen LogP contribution in [0.5, 0.6) is 11.5 Å². The number of benzene rings is 1. The lowest BCUT2D eigenvalue weighted by Gasteiger charge is -2.15. The molecule has 0 amide bonds. The highest BCUT2D eigenvalue weighted by atomic mass is 127. The fourth-order valence-electron chi connectivity index (χ4n) is 1.73. The lowest BCUT2D eigenvalue weighted by molar-refractivity contribution is -0.0505. The molecule has 1 rings (SSSR count). The average Bonchev–Trinajstić information content (AvgIpc) is 2.54. The van der Waals surface area contributed by atoms with Gasteiger partial charge in [0.1, 0.15) is 11.5 Å². The maximum absolute atomic E-state index is 12.6. The van der Waals surface area contributed by atoms with Crippen LogP contribution in [0.4, 0.5) is 8.78 Å². The summed E-state index contributed by atoms with van der Waals surface area (Å²) in [6, 6.07) is 4.84. The molecule has 0 aromatic heterocycles. The third kappa shape index (κ3) is 8.19. The topological polar surface area (TPSA) is 54.9 Å². The standard InChI is InChI=1S/C16H21F2N3O2.HI/c1-4-8-20-16(19-3)21-11-12-6-7-13(22-9-5-2)10-14(12)23-15(17)18;/h1,6-7,10,15H,5,8-9,11H2,2-3H3,(H2,19,20,21);1H. The van der Waals surface area contributed by atoms with E-state index >= 15 is 0 Å². The second-order valence-corrected chi connectivity index (χ2v) is 4.48. The van der Waals surface area contributed by atoms with Gasteiger partial charge in [-0.3, -0.25) is 4.99 Å². The molecule has 0 aliphatic carbocycles. The first-order chi connectivity index (χ1) is 11.1. The number of hydrogen-bond acceptors (Lipinski definition) is 3. The summed E-state index contributed by atoms with van der Waals surface area (Å²) < 4.78 is 35.1. The molecule has 0 heterocycles. The minimum absolute atomic E-state index is 0. The first-order valence-corrected chi connectivity index (χ1v) is 7.19. The molecule has 0 spiro atoms. The van der Waals surface area contributed by atoms with Crippen molar-refractivity contribution in [3.8, 4) is 23.8 Å². The fourth-order valence-corrected chi connectivity index (χ4v) is 1.73. The van der Waals surface area contributed by atoms with E-state index in [9.17, 15) is 8.78 Å². The number of rotatable bonds is 8. The van der Waals surface area contributed by atoms with E-state index in [1.807, 2.05) is 6.92 Å². The number of ether oxygens (including phenoxy) is 2. The highest BCUT2D eigenvalue weighted by Gasteiger charge is 2.12. The molecule has 0 atom stereocenters. The molecule has 8 heteroatoms. The first kappa shape index (κ1) is 22.2. The number of terminal acetylenes is 1. The van der Waals surface area contributed by atoms with Gasteiger partial charge in [-0.2, -0.15) is 8.78 Å². The van der Waals surface area contributed by atoms with Gasteiger partial charge in [0.25, 0.3) is 0 Å². The SMILES string of the molecule is C#CCNC(=NC)NCc1ccc(OCCC)cc1OC(F)F.I. The number of alkyl halides is 2. The highest BCUT2D eigenvalue weighted by Crippen LogP contribution is 2.26. The summed E-state index contributed by atoms with van der Waals surface area (Å²) in [4.78, 5) is 3.97. The molecular weight excluding hydrogens is 431 g/mol. The lowest BCUT2D eigenvalue weighted by Crippen LogP contribution is -2.37. The second-order valence-electron chi connectivity index (χ2n) is 4.48. The van der Waals surface area contributed by atoms with Crippen LogP contribution in [0.3, 0.4) is 0 Å². The molecule has 1 aromatic rings. The molecule has 0 fully saturated rings. The maximum Gasteiger partial charge on any atom is 0.387 e. The van der Waals surface area contributed by atoms with Gasteiger partial charge in [-0.25, -0.2) is 0 Å². The first-order valence-electron chi connectivity index (χ1n) is 7.19. The van der Waals surface area contributed by atoms with Crippen LogP contribution in [0.2, 0.25) is 0 Å². The molecule has 2 N–H and O–H groups in total. The lowest BCUT2D eigenvalue weighted by atomic mass is 10.2. The van der Waals surface area contributed by atoms with Gasteiger partial charge >= 0.3 is 6.61 Å². The largest absolute Gasteiger partial charge is 0.493 e. The normalized spacial score (nSPS) is 10.6. The van der Waals surface area contributed by atoms with Crippen LogP contribution in [-0.2, 0) is 6.54 Å². The van der Waals surface area contributed by atoms with Crippen molar-refractivity contribution >= 4 is 29.9 Å². The van der Waals surface area contributed by atoms with Crippen LogP contribution in [-0.4, -0.2) is 32.8 Å². The summed E-state index contributed by atoms with van der Waals surface area (Å²) in [5, 5.41) is 5.85. The Kier molecular flexibility index (Phi) is 11.7. The number of nitrogens with one attached hydrogen (secondary N) is 2. The zero-order valence-corrected chi connectivity index (χ0v) is 16.0. The maximum atomic E-state index is 12.6. The zero-order valence-electron chi connectivity index (χ0n) is 13.6. The van der Waals surface area contributed by atoms with Crippen LogP contribution >= 0.6 is 24.0 Å². The van der Waals surface area contributed by atoms with Gasteiger partial charge in [0.15, 0.2) is 5.96 Å². The van der Waals surface area contributed by atoms with E-state index in [1.165, 1.54) is 6.07 Å². The van der Waals surface area contributed by atoms with Crippen molar-refractivity contribution in [1.29, 1.82) is 0 Å². The molecule has 0 aliphatic rings.